The zero-order chi connectivity index (χ0) is 30.9. The molecule has 2 aliphatic rings. The molecule has 0 saturated carbocycles. The first-order valence-electron chi connectivity index (χ1n) is 13.9. The number of nitrogens with zero attached hydrogens (tertiary/aromatic N) is 4. The highest BCUT2D eigenvalue weighted by Gasteiger charge is 2.44. The summed E-state index contributed by atoms with van der Waals surface area (Å²) in [6, 6.07) is 5.77. The molecule has 0 aliphatic carbocycles. The lowest BCUT2D eigenvalue weighted by atomic mass is 9.87. The Hall–Kier alpha value is -3.82. The summed E-state index contributed by atoms with van der Waals surface area (Å²) in [4.78, 5) is 31.7. The second-order valence-corrected chi connectivity index (χ2v) is 12.3. The molecule has 15 heteroatoms. The van der Waals surface area contributed by atoms with Gasteiger partial charge in [-0.05, 0) is 56.5 Å². The number of anilines is 1. The van der Waals surface area contributed by atoms with Gasteiger partial charge in [0.05, 0.1) is 47.8 Å². The molecule has 1 atom stereocenters. The number of ether oxygens (including phenoxy) is 3. The van der Waals surface area contributed by atoms with Gasteiger partial charge in [0.2, 0.25) is 5.75 Å². The van der Waals surface area contributed by atoms with Crippen molar-refractivity contribution in [3.05, 3.63) is 58.6 Å². The molecule has 1 N–H and O–H groups in total. The van der Waals surface area contributed by atoms with E-state index in [9.17, 15) is 22.4 Å². The average Bonchev–Trinajstić information content (AvgIpc) is 3.39. The van der Waals surface area contributed by atoms with Crippen LogP contribution in [-0.2, 0) is 19.7 Å². The van der Waals surface area contributed by atoms with Crippen molar-refractivity contribution < 1.29 is 36.2 Å². The smallest absolute Gasteiger partial charge is 0.409 e. The highest BCUT2D eigenvalue weighted by molar-refractivity contribution is 7.90. The summed E-state index contributed by atoms with van der Waals surface area (Å²) in [5.41, 5.74) is -0.990. The monoisotopic (exact) mass is 621 g/mol. The van der Waals surface area contributed by atoms with Crippen LogP contribution in [0.4, 0.5) is 19.3 Å². The average molecular weight is 622 g/mol. The molecule has 1 amide bonds. The third kappa shape index (κ3) is 6.15. The summed E-state index contributed by atoms with van der Waals surface area (Å²) < 4.78 is 75.9. The predicted octanol–water partition coefficient (Wildman–Crippen LogP) is 4.03. The van der Waals surface area contributed by atoms with Gasteiger partial charge in [0.15, 0.2) is 11.6 Å². The minimum Gasteiger partial charge on any atom is -0.451 e. The quantitative estimate of drug-likeness (QED) is 0.399. The Morgan fingerprint density at radius 3 is 2.65 bits per heavy atom. The van der Waals surface area contributed by atoms with Crippen molar-refractivity contribution in [3.8, 4) is 11.5 Å². The van der Waals surface area contributed by atoms with Crippen molar-refractivity contribution in [2.45, 2.75) is 44.8 Å². The molecule has 232 valence electrons. The van der Waals surface area contributed by atoms with Crippen LogP contribution in [0.3, 0.4) is 0 Å². The molecule has 2 fully saturated rings. The Balaban J connectivity index is 1.36. The minimum atomic E-state index is -4.08. The maximum Gasteiger partial charge on any atom is 0.409 e. The maximum absolute atomic E-state index is 15.2. The highest BCUT2D eigenvalue weighted by Crippen LogP contribution is 2.40. The van der Waals surface area contributed by atoms with Crippen LogP contribution in [0.1, 0.15) is 39.2 Å². The van der Waals surface area contributed by atoms with E-state index in [1.165, 1.54) is 36.1 Å². The first-order chi connectivity index (χ1) is 20.5. The second kappa shape index (κ2) is 12.1. The van der Waals surface area contributed by atoms with Gasteiger partial charge in [-0.1, -0.05) is 6.92 Å². The summed E-state index contributed by atoms with van der Waals surface area (Å²) in [5.74, 6) is -3.18. The number of hydrogen-bond acceptors (Lipinski definition) is 8. The van der Waals surface area contributed by atoms with Gasteiger partial charge < -0.3 is 19.1 Å². The van der Waals surface area contributed by atoms with Gasteiger partial charge in [0.25, 0.3) is 5.56 Å². The lowest BCUT2D eigenvalue weighted by Crippen LogP contribution is -2.46. The van der Waals surface area contributed by atoms with Crippen molar-refractivity contribution in [2.75, 3.05) is 44.6 Å². The summed E-state index contributed by atoms with van der Waals surface area (Å²) in [7, 11) is -2.77. The van der Waals surface area contributed by atoms with E-state index in [0.717, 1.165) is 16.4 Å². The standard InChI is InChI=1S/C28H33F2N5O7S/c1-4-33(3)43(38,39)32-23-9-7-21(29)25(24(23)30)42-19-6-8-22-20(14-19)26(36)35(17-31-22)18-15-28(41-16-18)10-12-34(13-11-28)27(37)40-5-2/h6-9,14,17-18,32H,4-5,10-13,15-16H2,1-3H3/t18-/m1/s1. The van der Waals surface area contributed by atoms with Crippen LogP contribution in [0.25, 0.3) is 10.9 Å². The number of carbonyl (C=O) groups excluding carboxylic acids is 1. The van der Waals surface area contributed by atoms with Gasteiger partial charge in [-0.3, -0.25) is 14.1 Å². The number of aromatic nitrogens is 2. The molecule has 5 rings (SSSR count). The number of carbonyl (C=O) groups is 1. The van der Waals surface area contributed by atoms with E-state index < -0.39 is 38.9 Å². The molecule has 2 aromatic carbocycles. The molecule has 0 unspecified atom stereocenters. The lowest BCUT2D eigenvalue weighted by molar-refractivity contribution is -0.0416. The Morgan fingerprint density at radius 1 is 1.21 bits per heavy atom. The SMILES string of the molecule is CCOC(=O)N1CCC2(CC1)C[C@@H](n1cnc3ccc(Oc4c(F)ccc(NS(=O)(=O)N(C)CC)c4F)cc3c1=O)CO2. The zero-order valence-corrected chi connectivity index (χ0v) is 24.8. The van der Waals surface area contributed by atoms with Gasteiger partial charge in [-0.2, -0.15) is 12.7 Å². The molecular weight excluding hydrogens is 588 g/mol. The van der Waals surface area contributed by atoms with Gasteiger partial charge in [-0.15, -0.1) is 0 Å². The molecule has 1 aromatic heterocycles. The molecule has 0 bridgehead atoms. The van der Waals surface area contributed by atoms with Crippen molar-refractivity contribution in [1.82, 2.24) is 18.8 Å². The van der Waals surface area contributed by atoms with Gasteiger partial charge in [-0.25, -0.2) is 18.6 Å². The van der Waals surface area contributed by atoms with E-state index in [1.807, 2.05) is 0 Å². The molecule has 3 heterocycles. The second-order valence-electron chi connectivity index (χ2n) is 10.5. The number of benzene rings is 2. The van der Waals surface area contributed by atoms with Crippen molar-refractivity contribution in [3.63, 3.8) is 0 Å². The van der Waals surface area contributed by atoms with Gasteiger partial charge in [0.1, 0.15) is 5.75 Å². The van der Waals surface area contributed by atoms with E-state index >= 15 is 4.39 Å². The Morgan fingerprint density at radius 2 is 1.95 bits per heavy atom. The van der Waals surface area contributed by atoms with E-state index in [4.69, 9.17) is 14.2 Å². The van der Waals surface area contributed by atoms with Crippen LogP contribution in [0.15, 0.2) is 41.5 Å². The van der Waals surface area contributed by atoms with E-state index in [2.05, 4.69) is 9.71 Å². The van der Waals surface area contributed by atoms with Crippen LogP contribution in [0.2, 0.25) is 0 Å². The highest BCUT2D eigenvalue weighted by atomic mass is 32.2. The van der Waals surface area contributed by atoms with Crippen LogP contribution in [-0.4, -0.2) is 78.8 Å². The molecular formula is C28H33F2N5O7S. The number of hydrogen-bond donors (Lipinski definition) is 1. The molecule has 43 heavy (non-hydrogen) atoms. The van der Waals surface area contributed by atoms with Crippen LogP contribution < -0.4 is 15.0 Å². The van der Waals surface area contributed by atoms with E-state index in [1.54, 1.807) is 18.7 Å². The number of halogens is 2. The molecule has 3 aromatic rings. The number of amides is 1. The fourth-order valence-corrected chi connectivity index (χ4v) is 6.24. The maximum atomic E-state index is 15.2. The normalized spacial score (nSPS) is 18.4. The molecule has 1 spiro atoms. The number of fused-ring (bicyclic) bond motifs is 1. The third-order valence-electron chi connectivity index (χ3n) is 7.90. The third-order valence-corrected chi connectivity index (χ3v) is 9.46. The van der Waals surface area contributed by atoms with Crippen molar-refractivity contribution in [2.24, 2.45) is 0 Å². The Labute approximate surface area is 247 Å². The summed E-state index contributed by atoms with van der Waals surface area (Å²) in [6.07, 6.45) is 2.87. The fourth-order valence-electron chi connectivity index (χ4n) is 5.31. The van der Waals surface area contributed by atoms with Crippen LogP contribution >= 0.6 is 0 Å². The lowest BCUT2D eigenvalue weighted by Gasteiger charge is -2.38. The van der Waals surface area contributed by atoms with Gasteiger partial charge >= 0.3 is 16.3 Å². The first-order valence-corrected chi connectivity index (χ1v) is 15.4. The summed E-state index contributed by atoms with van der Waals surface area (Å²) in [6.45, 7) is 5.06. The summed E-state index contributed by atoms with van der Waals surface area (Å²) >= 11 is 0. The Kier molecular flexibility index (Phi) is 8.58. The zero-order valence-electron chi connectivity index (χ0n) is 24.0. The predicted molar refractivity (Wildman–Crippen MR) is 153 cm³/mol. The van der Waals surface area contributed by atoms with Gasteiger partial charge in [0, 0.05) is 26.7 Å². The number of piperidine rings is 1. The molecule has 2 aliphatic heterocycles. The largest absolute Gasteiger partial charge is 0.451 e. The van der Waals surface area contributed by atoms with Crippen LogP contribution in [0.5, 0.6) is 11.5 Å². The number of rotatable bonds is 8. The number of likely N-dealkylation sites (tertiary alicyclic amines) is 1. The first kappa shape index (κ1) is 30.6. The topological polar surface area (TPSA) is 132 Å². The Bertz CT molecular complexity index is 1690. The molecule has 0 radical (unpaired) electrons. The van der Waals surface area contributed by atoms with Crippen molar-refractivity contribution >= 4 is 32.9 Å². The van der Waals surface area contributed by atoms with Crippen molar-refractivity contribution in [1.29, 1.82) is 0 Å². The fraction of sp³-hybridized carbons (Fsp3) is 0.464. The van der Waals surface area contributed by atoms with E-state index in [-0.39, 0.29) is 42.0 Å². The summed E-state index contributed by atoms with van der Waals surface area (Å²) in [5, 5.41) is 0.167. The van der Waals surface area contributed by atoms with Crippen LogP contribution in [0, 0.1) is 11.6 Å². The minimum absolute atomic E-state index is 0.0434. The molecule has 2 saturated heterocycles. The number of nitrogens with one attached hydrogen (secondary N) is 1. The molecule has 12 nitrogen and oxygen atoms in total. The van der Waals surface area contributed by atoms with E-state index in [0.29, 0.717) is 44.5 Å².